The van der Waals surface area contributed by atoms with E-state index in [0.717, 1.165) is 5.13 Å². The molecule has 0 aliphatic rings. The van der Waals surface area contributed by atoms with E-state index < -0.39 is 0 Å². The SMILES string of the molecule is CN(C)C(=O)c1ccnc(Nc2nccs2)c1. The van der Waals surface area contributed by atoms with E-state index in [1.165, 1.54) is 16.2 Å². The highest BCUT2D eigenvalue weighted by molar-refractivity contribution is 7.13. The fourth-order valence-electron chi connectivity index (χ4n) is 1.28. The lowest BCUT2D eigenvalue weighted by Crippen LogP contribution is -2.21. The summed E-state index contributed by atoms with van der Waals surface area (Å²) < 4.78 is 0. The molecule has 6 heteroatoms. The van der Waals surface area contributed by atoms with E-state index in [0.29, 0.717) is 11.4 Å². The normalized spacial score (nSPS) is 10.0. The summed E-state index contributed by atoms with van der Waals surface area (Å²) in [4.78, 5) is 21.5. The molecule has 88 valence electrons. The van der Waals surface area contributed by atoms with Crippen molar-refractivity contribution in [3.8, 4) is 0 Å². The molecule has 1 N–H and O–H groups in total. The number of anilines is 2. The van der Waals surface area contributed by atoms with Crippen molar-refractivity contribution >= 4 is 28.2 Å². The zero-order valence-corrected chi connectivity index (χ0v) is 10.4. The Labute approximate surface area is 103 Å². The van der Waals surface area contributed by atoms with Crippen molar-refractivity contribution in [3.63, 3.8) is 0 Å². The van der Waals surface area contributed by atoms with E-state index in [1.54, 1.807) is 38.6 Å². The Morgan fingerprint density at radius 1 is 1.35 bits per heavy atom. The van der Waals surface area contributed by atoms with Gasteiger partial charge in [0.25, 0.3) is 5.91 Å². The molecule has 0 bridgehead atoms. The maximum atomic E-state index is 11.8. The number of hydrogen-bond donors (Lipinski definition) is 1. The Bertz CT molecular complexity index is 510. The number of aromatic nitrogens is 2. The van der Waals surface area contributed by atoms with Gasteiger partial charge in [-0.15, -0.1) is 11.3 Å². The summed E-state index contributed by atoms with van der Waals surface area (Å²) in [5.41, 5.74) is 0.601. The van der Waals surface area contributed by atoms with E-state index in [2.05, 4.69) is 15.3 Å². The van der Waals surface area contributed by atoms with Gasteiger partial charge in [-0.05, 0) is 12.1 Å². The summed E-state index contributed by atoms with van der Waals surface area (Å²) in [6, 6.07) is 3.40. The lowest BCUT2D eigenvalue weighted by molar-refractivity contribution is 0.0827. The Hall–Kier alpha value is -1.95. The molecule has 2 rings (SSSR count). The molecule has 1 amide bonds. The zero-order valence-electron chi connectivity index (χ0n) is 9.54. The smallest absolute Gasteiger partial charge is 0.253 e. The summed E-state index contributed by atoms with van der Waals surface area (Å²) >= 11 is 1.48. The second-order valence-electron chi connectivity index (χ2n) is 3.59. The first-order valence-corrected chi connectivity index (χ1v) is 5.89. The summed E-state index contributed by atoms with van der Waals surface area (Å²) in [5.74, 6) is 0.572. The summed E-state index contributed by atoms with van der Waals surface area (Å²) in [5, 5.41) is 5.67. The van der Waals surface area contributed by atoms with E-state index in [-0.39, 0.29) is 5.91 Å². The van der Waals surface area contributed by atoms with Crippen LogP contribution in [0.5, 0.6) is 0 Å². The maximum Gasteiger partial charge on any atom is 0.253 e. The summed E-state index contributed by atoms with van der Waals surface area (Å²) in [6.07, 6.45) is 3.31. The molecule has 0 spiro atoms. The lowest BCUT2D eigenvalue weighted by atomic mass is 10.2. The van der Waals surface area contributed by atoms with Gasteiger partial charge in [-0.2, -0.15) is 0 Å². The maximum absolute atomic E-state index is 11.8. The van der Waals surface area contributed by atoms with E-state index >= 15 is 0 Å². The van der Waals surface area contributed by atoms with Crippen LogP contribution in [-0.4, -0.2) is 34.9 Å². The van der Waals surface area contributed by atoms with Crippen molar-refractivity contribution in [2.75, 3.05) is 19.4 Å². The van der Waals surface area contributed by atoms with Crippen molar-refractivity contribution in [2.24, 2.45) is 0 Å². The number of amides is 1. The van der Waals surface area contributed by atoms with Crippen molar-refractivity contribution in [3.05, 3.63) is 35.5 Å². The molecule has 0 saturated carbocycles. The zero-order chi connectivity index (χ0) is 12.3. The molecule has 0 unspecified atom stereocenters. The van der Waals surface area contributed by atoms with Gasteiger partial charge in [-0.25, -0.2) is 9.97 Å². The molecule has 0 aliphatic carbocycles. The molecule has 0 radical (unpaired) electrons. The molecule has 2 aromatic heterocycles. The number of rotatable bonds is 3. The van der Waals surface area contributed by atoms with Crippen LogP contribution in [0.15, 0.2) is 29.9 Å². The minimum Gasteiger partial charge on any atom is -0.345 e. The van der Waals surface area contributed by atoms with Gasteiger partial charge in [-0.3, -0.25) is 4.79 Å². The fraction of sp³-hybridized carbons (Fsp3) is 0.182. The molecule has 0 saturated heterocycles. The Kier molecular flexibility index (Phi) is 3.34. The molecule has 0 atom stereocenters. The van der Waals surface area contributed by atoms with Gasteiger partial charge in [0, 0.05) is 37.4 Å². The fourth-order valence-corrected chi connectivity index (χ4v) is 1.82. The molecule has 0 aliphatic heterocycles. The molecule has 0 aromatic carbocycles. The first kappa shape index (κ1) is 11.5. The Balaban J connectivity index is 2.20. The number of carbonyl (C=O) groups excluding carboxylic acids is 1. The topological polar surface area (TPSA) is 58.1 Å². The Morgan fingerprint density at radius 3 is 2.82 bits per heavy atom. The highest BCUT2D eigenvalue weighted by atomic mass is 32.1. The highest BCUT2D eigenvalue weighted by Gasteiger charge is 2.09. The third kappa shape index (κ3) is 2.79. The average molecular weight is 248 g/mol. The highest BCUT2D eigenvalue weighted by Crippen LogP contribution is 2.17. The van der Waals surface area contributed by atoms with Crippen molar-refractivity contribution < 1.29 is 4.79 Å². The van der Waals surface area contributed by atoms with Crippen molar-refractivity contribution in [1.29, 1.82) is 0 Å². The molecule has 0 fully saturated rings. The van der Waals surface area contributed by atoms with Crippen LogP contribution in [0.4, 0.5) is 10.9 Å². The van der Waals surface area contributed by atoms with Crippen LogP contribution in [-0.2, 0) is 0 Å². The molecule has 2 aromatic rings. The predicted molar refractivity (Wildman–Crippen MR) is 67.7 cm³/mol. The minimum atomic E-state index is -0.0467. The Morgan fingerprint density at radius 2 is 2.18 bits per heavy atom. The third-order valence-corrected chi connectivity index (χ3v) is 2.77. The monoisotopic (exact) mass is 248 g/mol. The van der Waals surface area contributed by atoms with E-state index in [4.69, 9.17) is 0 Å². The van der Waals surface area contributed by atoms with Gasteiger partial charge in [0.2, 0.25) is 0 Å². The van der Waals surface area contributed by atoms with Crippen LogP contribution < -0.4 is 5.32 Å². The van der Waals surface area contributed by atoms with Crippen LogP contribution in [0.3, 0.4) is 0 Å². The average Bonchev–Trinajstić information content (AvgIpc) is 2.81. The summed E-state index contributed by atoms with van der Waals surface area (Å²) in [6.45, 7) is 0. The van der Waals surface area contributed by atoms with Crippen LogP contribution >= 0.6 is 11.3 Å². The second-order valence-corrected chi connectivity index (χ2v) is 4.49. The second kappa shape index (κ2) is 4.92. The summed E-state index contributed by atoms with van der Waals surface area (Å²) in [7, 11) is 3.44. The van der Waals surface area contributed by atoms with Crippen LogP contribution in [0.1, 0.15) is 10.4 Å². The van der Waals surface area contributed by atoms with Crippen LogP contribution in [0, 0.1) is 0 Å². The number of nitrogens with one attached hydrogen (secondary N) is 1. The van der Waals surface area contributed by atoms with Gasteiger partial charge in [0.15, 0.2) is 5.13 Å². The quantitative estimate of drug-likeness (QED) is 0.902. The number of pyridine rings is 1. The molecule has 17 heavy (non-hydrogen) atoms. The van der Waals surface area contributed by atoms with Crippen molar-refractivity contribution in [1.82, 2.24) is 14.9 Å². The molecular formula is C11H12N4OS. The number of thiazole rings is 1. The van der Waals surface area contributed by atoms with E-state index in [9.17, 15) is 4.79 Å². The van der Waals surface area contributed by atoms with Gasteiger partial charge in [-0.1, -0.05) is 0 Å². The number of hydrogen-bond acceptors (Lipinski definition) is 5. The van der Waals surface area contributed by atoms with Crippen LogP contribution in [0.25, 0.3) is 0 Å². The van der Waals surface area contributed by atoms with Gasteiger partial charge >= 0.3 is 0 Å². The van der Waals surface area contributed by atoms with Crippen molar-refractivity contribution in [2.45, 2.75) is 0 Å². The van der Waals surface area contributed by atoms with Crippen LogP contribution in [0.2, 0.25) is 0 Å². The number of nitrogens with zero attached hydrogens (tertiary/aromatic N) is 3. The first-order chi connectivity index (χ1) is 8.16. The van der Waals surface area contributed by atoms with E-state index in [1.807, 2.05) is 5.38 Å². The minimum absolute atomic E-state index is 0.0467. The van der Waals surface area contributed by atoms with Gasteiger partial charge < -0.3 is 10.2 Å². The molecular weight excluding hydrogens is 236 g/mol. The standard InChI is InChI=1S/C11H12N4OS/c1-15(2)10(16)8-3-4-12-9(7-8)14-11-13-5-6-17-11/h3-7H,1-2H3,(H,12,13,14). The van der Waals surface area contributed by atoms with Gasteiger partial charge in [0.05, 0.1) is 0 Å². The van der Waals surface area contributed by atoms with Gasteiger partial charge in [0.1, 0.15) is 5.82 Å². The first-order valence-electron chi connectivity index (χ1n) is 5.01. The molecule has 5 nitrogen and oxygen atoms in total. The lowest BCUT2D eigenvalue weighted by Gasteiger charge is -2.10. The number of carbonyl (C=O) groups is 1. The largest absolute Gasteiger partial charge is 0.345 e. The molecule has 2 heterocycles. The predicted octanol–water partition coefficient (Wildman–Crippen LogP) is 1.98. The third-order valence-electron chi connectivity index (χ3n) is 2.08.